The fourth-order valence-electron chi connectivity index (χ4n) is 13.4. The first-order valence-electron chi connectivity index (χ1n) is 24.8. The zero-order chi connectivity index (χ0) is 42.5. The number of benzene rings is 2. The summed E-state index contributed by atoms with van der Waals surface area (Å²) >= 11 is 0. The van der Waals surface area contributed by atoms with Gasteiger partial charge in [-0.15, -0.1) is 0 Å². The Balaban J connectivity index is 0.816. The Kier molecular flexibility index (Phi) is 9.15. The van der Waals surface area contributed by atoms with E-state index in [2.05, 4.69) is 163 Å². The van der Waals surface area contributed by atoms with Crippen molar-refractivity contribution in [2.75, 3.05) is 0 Å². The summed E-state index contributed by atoms with van der Waals surface area (Å²) in [7, 11) is 0. The first kappa shape index (κ1) is 38.6. The average molecular weight is 837 g/mol. The average Bonchev–Trinajstić information content (AvgIpc) is 3.97. The van der Waals surface area contributed by atoms with Gasteiger partial charge in [-0.05, 0) is 153 Å². The van der Waals surface area contributed by atoms with Gasteiger partial charge in [0.25, 0.3) is 0 Å². The maximum atomic E-state index is 6.31. The van der Waals surface area contributed by atoms with Crippen molar-refractivity contribution >= 4 is 40.8 Å². The first-order chi connectivity index (χ1) is 31.5. The number of furan rings is 1. The number of allylic oxidation sites excluding steroid dienone is 17. The zero-order valence-corrected chi connectivity index (χ0v) is 37.7. The summed E-state index contributed by atoms with van der Waals surface area (Å²) in [6.45, 7) is 4.88. The van der Waals surface area contributed by atoms with Crippen LogP contribution in [0.5, 0.6) is 0 Å². The van der Waals surface area contributed by atoms with Crippen LogP contribution in [0.3, 0.4) is 0 Å². The van der Waals surface area contributed by atoms with E-state index in [0.29, 0.717) is 29.7 Å². The van der Waals surface area contributed by atoms with Crippen molar-refractivity contribution in [3.8, 4) is 5.69 Å². The molecule has 64 heavy (non-hydrogen) atoms. The summed E-state index contributed by atoms with van der Waals surface area (Å²) in [6, 6.07) is 15.1. The number of aryl methyl sites for hydroxylation is 2. The van der Waals surface area contributed by atoms with Gasteiger partial charge in [0.1, 0.15) is 11.2 Å². The quantitative estimate of drug-likeness (QED) is 0.180. The Labute approximate surface area is 379 Å². The van der Waals surface area contributed by atoms with Gasteiger partial charge < -0.3 is 13.9 Å². The Hall–Kier alpha value is -5.80. The molecule has 13 rings (SSSR count). The van der Waals surface area contributed by atoms with E-state index in [1.165, 1.54) is 97.3 Å². The van der Waals surface area contributed by atoms with Crippen molar-refractivity contribution in [1.29, 1.82) is 0 Å². The summed E-state index contributed by atoms with van der Waals surface area (Å²) in [6.07, 6.45) is 55.8. The maximum Gasteiger partial charge on any atom is 0.130 e. The van der Waals surface area contributed by atoms with E-state index < -0.39 is 0 Å². The van der Waals surface area contributed by atoms with Gasteiger partial charge in [-0.3, -0.25) is 0 Å². The lowest BCUT2D eigenvalue weighted by atomic mass is 9.77. The van der Waals surface area contributed by atoms with E-state index in [0.717, 1.165) is 69.6 Å². The van der Waals surface area contributed by atoms with Gasteiger partial charge in [0.2, 0.25) is 0 Å². The monoisotopic (exact) mass is 836 g/mol. The number of nitrogens with zero attached hydrogens (tertiary/aromatic N) is 2. The molecule has 2 aromatic carbocycles. The second-order valence-electron chi connectivity index (χ2n) is 20.5. The highest BCUT2D eigenvalue weighted by molar-refractivity contribution is 5.92. The molecule has 0 amide bonds. The van der Waals surface area contributed by atoms with Crippen LogP contribution in [0.4, 0.5) is 0 Å². The molecule has 9 aliphatic rings. The van der Waals surface area contributed by atoms with Crippen LogP contribution in [0, 0.1) is 17.8 Å². The zero-order valence-electron chi connectivity index (χ0n) is 37.7. The third-order valence-corrected chi connectivity index (χ3v) is 16.7. The largest absolute Gasteiger partial charge is 0.461 e. The summed E-state index contributed by atoms with van der Waals surface area (Å²) in [5, 5.41) is 2.76. The molecular formula is C61H60N2O. The minimum Gasteiger partial charge on any atom is -0.461 e. The molecule has 0 saturated carbocycles. The number of hydrogen-bond donors (Lipinski definition) is 0. The van der Waals surface area contributed by atoms with Gasteiger partial charge in [-0.1, -0.05) is 116 Å². The second-order valence-corrected chi connectivity index (χ2v) is 20.5. The van der Waals surface area contributed by atoms with Gasteiger partial charge >= 0.3 is 0 Å². The lowest BCUT2D eigenvalue weighted by molar-refractivity contribution is 0.260. The Morgan fingerprint density at radius 1 is 0.750 bits per heavy atom. The molecule has 3 heteroatoms. The molecule has 320 valence electrons. The lowest BCUT2D eigenvalue weighted by Gasteiger charge is -2.44. The normalized spacial score (nSPS) is 26.8. The fraction of sp³-hybridized carbons (Fsp3) is 0.344. The topological polar surface area (TPSA) is 21.3 Å². The van der Waals surface area contributed by atoms with Crippen LogP contribution in [0.15, 0.2) is 142 Å². The van der Waals surface area contributed by atoms with E-state index >= 15 is 0 Å². The van der Waals surface area contributed by atoms with Crippen LogP contribution in [-0.2, 0) is 18.3 Å². The van der Waals surface area contributed by atoms with Gasteiger partial charge in [0.15, 0.2) is 0 Å². The minimum absolute atomic E-state index is 0.0566. The first-order valence-corrected chi connectivity index (χ1v) is 24.8. The molecular weight excluding hydrogens is 777 g/mol. The maximum absolute atomic E-state index is 6.31. The predicted molar refractivity (Wildman–Crippen MR) is 266 cm³/mol. The lowest BCUT2D eigenvalue weighted by Crippen LogP contribution is -2.39. The molecule has 0 N–H and O–H groups in total. The summed E-state index contributed by atoms with van der Waals surface area (Å²) < 4.78 is 8.88. The standard InChI is InChI=1S/C61H60N2O/c1-61(2)54-18-8-5-15-48(54)49-33-32-46(38-55(49)61)63-57-19-9-6-16-50(57)52-36-42(26-34-58(52)63)39-22-28-44(29-23-39)62(56-20-11-13-41-12-3-4-14-47(41)56)45-30-24-40(25-31-45)43-27-35-60-53(37-43)51-17-7-10-21-59(51)64-60/h3,5,7,9,11-13,15,17,19-20,22,24,26,28,30,32-39,41,43-44,47H,4,6,8,10,14,16,18,21,23,25,27,29,31H2,1-2H3. The van der Waals surface area contributed by atoms with E-state index in [1.807, 2.05) is 0 Å². The van der Waals surface area contributed by atoms with Gasteiger partial charge in [0.05, 0.1) is 11.6 Å². The van der Waals surface area contributed by atoms with E-state index in [-0.39, 0.29) is 5.41 Å². The number of hydrogen-bond acceptors (Lipinski definition) is 2. The number of fused-ring (bicyclic) bond motifs is 9. The molecule has 2 heterocycles. The highest BCUT2D eigenvalue weighted by Gasteiger charge is 2.38. The van der Waals surface area contributed by atoms with Gasteiger partial charge in [0, 0.05) is 74.5 Å². The Morgan fingerprint density at radius 3 is 2.56 bits per heavy atom. The van der Waals surface area contributed by atoms with Crippen molar-refractivity contribution in [2.45, 2.75) is 115 Å². The van der Waals surface area contributed by atoms with E-state index in [4.69, 9.17) is 4.42 Å². The summed E-state index contributed by atoms with van der Waals surface area (Å²) in [5.41, 5.74) is 20.0. The molecule has 0 spiro atoms. The molecule has 0 aliphatic heterocycles. The minimum atomic E-state index is 0.0566. The van der Waals surface area contributed by atoms with Gasteiger partial charge in [-0.25, -0.2) is 0 Å². The smallest absolute Gasteiger partial charge is 0.130 e. The molecule has 0 fully saturated rings. The molecule has 0 bridgehead atoms. The number of aromatic nitrogens is 1. The fourth-order valence-corrected chi connectivity index (χ4v) is 13.4. The molecule has 5 unspecified atom stereocenters. The SMILES string of the molecule is CC1(C)C2=C(C=CCC2)c2ccc(-n3c4c(c5cc(C6C=CC(N(C7=CC=C(C8C=c9c%10c(oc9=CC8)CCC=C%10)CC7)C7=CC=CC8C=CCCC78)CC6)ccc53)CCC=C4)cc21. The van der Waals surface area contributed by atoms with Gasteiger partial charge in [-0.2, -0.15) is 0 Å². The third-order valence-electron chi connectivity index (χ3n) is 16.7. The van der Waals surface area contributed by atoms with Crippen LogP contribution in [0.25, 0.3) is 46.5 Å². The van der Waals surface area contributed by atoms with Crippen molar-refractivity contribution in [2.24, 2.45) is 17.8 Å². The van der Waals surface area contributed by atoms with E-state index in [9.17, 15) is 0 Å². The van der Waals surface area contributed by atoms with Crippen LogP contribution < -0.4 is 10.6 Å². The number of rotatable bonds is 6. The molecule has 5 atom stereocenters. The van der Waals surface area contributed by atoms with Crippen LogP contribution in [0.2, 0.25) is 0 Å². The molecule has 3 nitrogen and oxygen atoms in total. The predicted octanol–water partition coefficient (Wildman–Crippen LogP) is 13.6. The van der Waals surface area contributed by atoms with Crippen LogP contribution in [0.1, 0.15) is 130 Å². The van der Waals surface area contributed by atoms with E-state index in [1.54, 1.807) is 11.1 Å². The molecule has 0 radical (unpaired) electrons. The highest BCUT2D eigenvalue weighted by Crippen LogP contribution is 2.51. The van der Waals surface area contributed by atoms with Crippen molar-refractivity contribution in [3.05, 3.63) is 188 Å². The van der Waals surface area contributed by atoms with Crippen molar-refractivity contribution in [1.82, 2.24) is 9.47 Å². The third kappa shape index (κ3) is 6.13. The van der Waals surface area contributed by atoms with Crippen molar-refractivity contribution < 1.29 is 4.42 Å². The highest BCUT2D eigenvalue weighted by atomic mass is 16.3. The second kappa shape index (κ2) is 15.2. The summed E-state index contributed by atoms with van der Waals surface area (Å²) in [5.74, 6) is 3.05. The molecule has 2 aromatic heterocycles. The molecule has 4 aromatic rings. The molecule has 9 aliphatic carbocycles. The molecule has 0 saturated heterocycles. The Bertz CT molecular complexity index is 3090. The van der Waals surface area contributed by atoms with Crippen molar-refractivity contribution in [3.63, 3.8) is 0 Å². The summed E-state index contributed by atoms with van der Waals surface area (Å²) in [4.78, 5) is 2.80. The Morgan fingerprint density at radius 2 is 1.66 bits per heavy atom. The van der Waals surface area contributed by atoms with Crippen LogP contribution >= 0.6 is 0 Å². The van der Waals surface area contributed by atoms with Crippen LogP contribution in [-0.4, -0.2) is 15.5 Å².